The predicted molar refractivity (Wildman–Crippen MR) is 77.9 cm³/mol. The van der Waals surface area contributed by atoms with E-state index in [1.54, 1.807) is 6.20 Å². The number of aliphatic carboxylic acids is 1. The van der Waals surface area contributed by atoms with Crippen LogP contribution in [0.3, 0.4) is 0 Å². The molecule has 1 atom stereocenters. The normalized spacial score (nSPS) is 11.7. The summed E-state index contributed by atoms with van der Waals surface area (Å²) in [5.74, 6) is -1.54. The molecular formula is C13H19N3O4S. The van der Waals surface area contributed by atoms with Gasteiger partial charge in [-0.3, -0.25) is 9.59 Å². The lowest BCUT2D eigenvalue weighted by molar-refractivity contribution is -0.149. The summed E-state index contributed by atoms with van der Waals surface area (Å²) in [5.41, 5.74) is 0. The first-order chi connectivity index (χ1) is 9.91. The highest BCUT2D eigenvalue weighted by molar-refractivity contribution is 7.09. The number of nitrogens with zero attached hydrogens (tertiary/aromatic N) is 2. The zero-order chi connectivity index (χ0) is 15.8. The molecule has 1 aromatic heterocycles. The second-order valence-electron chi connectivity index (χ2n) is 4.51. The van der Waals surface area contributed by atoms with Gasteiger partial charge in [-0.1, -0.05) is 0 Å². The fourth-order valence-electron chi connectivity index (χ4n) is 1.75. The number of carboxylic acid groups (broad SMARTS) is 1. The Hall–Kier alpha value is -1.96. The van der Waals surface area contributed by atoms with Crippen molar-refractivity contribution < 1.29 is 19.5 Å². The standard InChI is InChI=1S/C13H19N3O4S/c1-9(13(19)20)16(7-5-14-10(2)17)12(18)4-3-11-15-6-8-21-11/h6,8-9H,3-5,7H2,1-2H3,(H,14,17)(H,19,20). The molecule has 0 fully saturated rings. The van der Waals surface area contributed by atoms with E-state index >= 15 is 0 Å². The molecule has 0 spiro atoms. The Morgan fingerprint density at radius 1 is 1.48 bits per heavy atom. The van der Waals surface area contributed by atoms with E-state index in [0.717, 1.165) is 5.01 Å². The summed E-state index contributed by atoms with van der Waals surface area (Å²) in [6.07, 6.45) is 2.35. The first kappa shape index (κ1) is 17.1. The van der Waals surface area contributed by atoms with Gasteiger partial charge in [0.15, 0.2) is 0 Å². The van der Waals surface area contributed by atoms with Crippen LogP contribution >= 0.6 is 11.3 Å². The van der Waals surface area contributed by atoms with Gasteiger partial charge in [0.1, 0.15) is 6.04 Å². The fraction of sp³-hybridized carbons (Fsp3) is 0.538. The number of aryl methyl sites for hydroxylation is 1. The number of carbonyl (C=O) groups is 3. The van der Waals surface area contributed by atoms with Crippen LogP contribution in [-0.4, -0.2) is 51.9 Å². The number of carbonyl (C=O) groups excluding carboxylic acids is 2. The van der Waals surface area contributed by atoms with Gasteiger partial charge in [0.25, 0.3) is 0 Å². The van der Waals surface area contributed by atoms with Crippen LogP contribution in [0.5, 0.6) is 0 Å². The van der Waals surface area contributed by atoms with Crippen LogP contribution in [0, 0.1) is 0 Å². The smallest absolute Gasteiger partial charge is 0.326 e. The SMILES string of the molecule is CC(=O)NCCN(C(=O)CCc1nccs1)C(C)C(=O)O. The first-order valence-corrected chi connectivity index (χ1v) is 7.45. The number of hydrogen-bond acceptors (Lipinski definition) is 5. The number of amides is 2. The minimum atomic E-state index is -1.07. The van der Waals surface area contributed by atoms with E-state index in [1.807, 2.05) is 5.38 Å². The third-order valence-electron chi connectivity index (χ3n) is 2.91. The Morgan fingerprint density at radius 3 is 2.71 bits per heavy atom. The molecule has 0 saturated carbocycles. The van der Waals surface area contributed by atoms with Crippen molar-refractivity contribution in [1.82, 2.24) is 15.2 Å². The van der Waals surface area contributed by atoms with Gasteiger partial charge in [-0.2, -0.15) is 0 Å². The Bertz CT molecular complexity index is 490. The highest BCUT2D eigenvalue weighted by Crippen LogP contribution is 2.10. The van der Waals surface area contributed by atoms with Crippen molar-refractivity contribution in [2.24, 2.45) is 0 Å². The van der Waals surface area contributed by atoms with Gasteiger partial charge >= 0.3 is 5.97 Å². The molecule has 0 aliphatic carbocycles. The number of thiazole rings is 1. The summed E-state index contributed by atoms with van der Waals surface area (Å²) in [6.45, 7) is 3.23. The van der Waals surface area contributed by atoms with Crippen molar-refractivity contribution in [1.29, 1.82) is 0 Å². The maximum Gasteiger partial charge on any atom is 0.326 e. The molecule has 1 heterocycles. The van der Waals surface area contributed by atoms with Gasteiger partial charge in [0.2, 0.25) is 11.8 Å². The van der Waals surface area contributed by atoms with Crippen LogP contribution in [0.2, 0.25) is 0 Å². The van der Waals surface area contributed by atoms with E-state index in [-0.39, 0.29) is 31.3 Å². The summed E-state index contributed by atoms with van der Waals surface area (Å²) in [4.78, 5) is 39.5. The van der Waals surface area contributed by atoms with Crippen LogP contribution in [0.15, 0.2) is 11.6 Å². The number of carboxylic acids is 1. The molecule has 1 aromatic rings. The summed E-state index contributed by atoms with van der Waals surface area (Å²) in [7, 11) is 0. The molecule has 1 rings (SSSR count). The van der Waals surface area contributed by atoms with Crippen molar-refractivity contribution in [2.45, 2.75) is 32.7 Å². The average molecular weight is 313 g/mol. The van der Waals surface area contributed by atoms with Crippen molar-refractivity contribution in [3.63, 3.8) is 0 Å². The van der Waals surface area contributed by atoms with Gasteiger partial charge in [-0.15, -0.1) is 11.3 Å². The molecule has 2 N–H and O–H groups in total. The summed E-state index contributed by atoms with van der Waals surface area (Å²) < 4.78 is 0. The predicted octanol–water partition coefficient (Wildman–Crippen LogP) is 0.513. The summed E-state index contributed by atoms with van der Waals surface area (Å²) in [6, 6.07) is -0.928. The van der Waals surface area contributed by atoms with E-state index in [4.69, 9.17) is 5.11 Å². The van der Waals surface area contributed by atoms with E-state index in [1.165, 1.54) is 30.1 Å². The highest BCUT2D eigenvalue weighted by Gasteiger charge is 2.25. The van der Waals surface area contributed by atoms with Crippen LogP contribution in [0.4, 0.5) is 0 Å². The molecule has 8 heteroatoms. The summed E-state index contributed by atoms with van der Waals surface area (Å²) in [5, 5.41) is 14.3. The molecule has 1 unspecified atom stereocenters. The zero-order valence-electron chi connectivity index (χ0n) is 12.0. The third-order valence-corrected chi connectivity index (χ3v) is 3.75. The molecule has 2 amide bonds. The number of nitrogens with one attached hydrogen (secondary N) is 1. The van der Waals surface area contributed by atoms with E-state index < -0.39 is 12.0 Å². The van der Waals surface area contributed by atoms with Crippen LogP contribution < -0.4 is 5.32 Å². The third kappa shape index (κ3) is 5.90. The molecule has 0 aliphatic heterocycles. The second-order valence-corrected chi connectivity index (χ2v) is 5.49. The molecule has 0 bridgehead atoms. The topological polar surface area (TPSA) is 99.6 Å². The van der Waals surface area contributed by atoms with Crippen LogP contribution in [-0.2, 0) is 20.8 Å². The zero-order valence-corrected chi connectivity index (χ0v) is 12.9. The Kier molecular flexibility index (Phi) is 6.80. The molecular weight excluding hydrogens is 294 g/mol. The van der Waals surface area contributed by atoms with Crippen molar-refractivity contribution in [3.8, 4) is 0 Å². The molecule has 7 nitrogen and oxygen atoms in total. The lowest BCUT2D eigenvalue weighted by atomic mass is 10.2. The van der Waals surface area contributed by atoms with E-state index in [0.29, 0.717) is 6.42 Å². The van der Waals surface area contributed by atoms with E-state index in [9.17, 15) is 14.4 Å². The highest BCUT2D eigenvalue weighted by atomic mass is 32.1. The molecule has 21 heavy (non-hydrogen) atoms. The van der Waals surface area contributed by atoms with Crippen LogP contribution in [0.1, 0.15) is 25.3 Å². The maximum atomic E-state index is 12.2. The van der Waals surface area contributed by atoms with Crippen LogP contribution in [0.25, 0.3) is 0 Å². The minimum Gasteiger partial charge on any atom is -0.480 e. The Morgan fingerprint density at radius 2 is 2.19 bits per heavy atom. The molecule has 0 radical (unpaired) electrons. The van der Waals surface area contributed by atoms with Crippen molar-refractivity contribution in [3.05, 3.63) is 16.6 Å². The lowest BCUT2D eigenvalue weighted by Crippen LogP contribution is -2.46. The minimum absolute atomic E-state index is 0.170. The van der Waals surface area contributed by atoms with Gasteiger partial charge < -0.3 is 15.3 Å². The number of aromatic nitrogens is 1. The van der Waals surface area contributed by atoms with Gasteiger partial charge in [-0.05, 0) is 6.92 Å². The lowest BCUT2D eigenvalue weighted by Gasteiger charge is -2.26. The monoisotopic (exact) mass is 313 g/mol. The quantitative estimate of drug-likeness (QED) is 0.728. The van der Waals surface area contributed by atoms with E-state index in [2.05, 4.69) is 10.3 Å². The summed E-state index contributed by atoms with van der Waals surface area (Å²) >= 11 is 1.46. The Labute approximate surface area is 127 Å². The van der Waals surface area contributed by atoms with Crippen molar-refractivity contribution in [2.75, 3.05) is 13.1 Å². The average Bonchev–Trinajstić information content (AvgIpc) is 2.93. The van der Waals surface area contributed by atoms with Gasteiger partial charge in [0, 0.05) is 44.4 Å². The van der Waals surface area contributed by atoms with Crippen molar-refractivity contribution >= 4 is 29.1 Å². The second kappa shape index (κ2) is 8.35. The molecule has 0 aromatic carbocycles. The Balaban J connectivity index is 2.58. The van der Waals surface area contributed by atoms with Gasteiger partial charge in [0.05, 0.1) is 5.01 Å². The number of rotatable bonds is 8. The fourth-order valence-corrected chi connectivity index (χ4v) is 2.37. The molecule has 116 valence electrons. The molecule has 0 aliphatic rings. The maximum absolute atomic E-state index is 12.2. The largest absolute Gasteiger partial charge is 0.480 e. The van der Waals surface area contributed by atoms with Gasteiger partial charge in [-0.25, -0.2) is 9.78 Å². The molecule has 0 saturated heterocycles. The first-order valence-electron chi connectivity index (χ1n) is 6.57. The number of hydrogen-bond donors (Lipinski definition) is 2.